The SMILES string of the molecule is Cc1nc(CN=C(N)Nc2cccc(C(C)C)c2)oc1C.I. The molecule has 3 N–H and O–H groups in total. The molecule has 5 nitrogen and oxygen atoms in total. The van der Waals surface area contributed by atoms with Crippen LogP contribution >= 0.6 is 24.0 Å². The fraction of sp³-hybridized carbons (Fsp3) is 0.375. The number of halogens is 1. The summed E-state index contributed by atoms with van der Waals surface area (Å²) in [4.78, 5) is 8.52. The zero-order chi connectivity index (χ0) is 15.4. The van der Waals surface area contributed by atoms with E-state index in [9.17, 15) is 0 Å². The molecule has 0 saturated heterocycles. The number of nitrogens with zero attached hydrogens (tertiary/aromatic N) is 2. The third-order valence-electron chi connectivity index (χ3n) is 3.28. The summed E-state index contributed by atoms with van der Waals surface area (Å²) in [6.07, 6.45) is 0. The van der Waals surface area contributed by atoms with Crippen molar-refractivity contribution in [3.8, 4) is 0 Å². The minimum atomic E-state index is 0. The molecule has 1 aromatic carbocycles. The molecule has 0 amide bonds. The summed E-state index contributed by atoms with van der Waals surface area (Å²) < 4.78 is 5.46. The van der Waals surface area contributed by atoms with Crippen molar-refractivity contribution in [2.75, 3.05) is 5.32 Å². The topological polar surface area (TPSA) is 76.4 Å². The Kier molecular flexibility index (Phi) is 6.86. The van der Waals surface area contributed by atoms with Crippen molar-refractivity contribution in [2.45, 2.75) is 40.2 Å². The first-order valence-electron chi connectivity index (χ1n) is 7.05. The van der Waals surface area contributed by atoms with Gasteiger partial charge in [0, 0.05) is 5.69 Å². The van der Waals surface area contributed by atoms with Crippen LogP contribution in [0.25, 0.3) is 0 Å². The average molecular weight is 414 g/mol. The lowest BCUT2D eigenvalue weighted by Crippen LogP contribution is -2.22. The van der Waals surface area contributed by atoms with Crippen LogP contribution < -0.4 is 11.1 Å². The number of benzene rings is 1. The number of hydrogen-bond donors (Lipinski definition) is 2. The number of anilines is 1. The Morgan fingerprint density at radius 3 is 2.68 bits per heavy atom. The molecule has 120 valence electrons. The Morgan fingerprint density at radius 2 is 2.09 bits per heavy atom. The zero-order valence-electron chi connectivity index (χ0n) is 13.4. The van der Waals surface area contributed by atoms with Crippen LogP contribution in [0.4, 0.5) is 5.69 Å². The lowest BCUT2D eigenvalue weighted by Gasteiger charge is -2.09. The van der Waals surface area contributed by atoms with Crippen molar-refractivity contribution >= 4 is 35.6 Å². The van der Waals surface area contributed by atoms with Crippen LogP contribution in [0, 0.1) is 13.8 Å². The Morgan fingerprint density at radius 1 is 1.36 bits per heavy atom. The summed E-state index contributed by atoms with van der Waals surface area (Å²) >= 11 is 0. The molecular formula is C16H23IN4O. The molecule has 0 bridgehead atoms. The van der Waals surface area contributed by atoms with E-state index in [1.165, 1.54) is 5.56 Å². The fourth-order valence-electron chi connectivity index (χ4n) is 1.92. The van der Waals surface area contributed by atoms with Crippen LogP contribution in [-0.4, -0.2) is 10.9 Å². The number of nitrogens with two attached hydrogens (primary N) is 1. The first-order valence-corrected chi connectivity index (χ1v) is 7.05. The Bertz CT molecular complexity index is 630. The van der Waals surface area contributed by atoms with Gasteiger partial charge in [0.1, 0.15) is 12.3 Å². The quantitative estimate of drug-likeness (QED) is 0.451. The van der Waals surface area contributed by atoms with Gasteiger partial charge in [-0.2, -0.15) is 0 Å². The molecule has 0 unspecified atom stereocenters. The number of aliphatic imine (C=N–C) groups is 1. The number of hydrogen-bond acceptors (Lipinski definition) is 3. The lowest BCUT2D eigenvalue weighted by molar-refractivity contribution is 0.473. The standard InChI is InChI=1S/C16H22N4O.HI/c1-10(2)13-6-5-7-14(8-13)20-16(17)18-9-15-19-11(3)12(4)21-15;/h5-8,10H,9H2,1-4H3,(H3,17,18,20);1H. The smallest absolute Gasteiger partial charge is 0.216 e. The van der Waals surface area contributed by atoms with Gasteiger partial charge in [-0.1, -0.05) is 26.0 Å². The van der Waals surface area contributed by atoms with Crippen molar-refractivity contribution in [2.24, 2.45) is 10.7 Å². The minimum Gasteiger partial charge on any atom is -0.444 e. The minimum absolute atomic E-state index is 0. The van der Waals surface area contributed by atoms with Crippen LogP contribution in [0.3, 0.4) is 0 Å². The predicted octanol–water partition coefficient (Wildman–Crippen LogP) is 3.96. The van der Waals surface area contributed by atoms with E-state index in [-0.39, 0.29) is 24.0 Å². The first kappa shape index (κ1) is 18.5. The molecular weight excluding hydrogens is 391 g/mol. The van der Waals surface area contributed by atoms with E-state index in [4.69, 9.17) is 10.2 Å². The molecule has 0 fully saturated rings. The van der Waals surface area contributed by atoms with E-state index in [0.29, 0.717) is 24.3 Å². The molecule has 0 radical (unpaired) electrons. The summed E-state index contributed by atoms with van der Waals surface area (Å²) in [7, 11) is 0. The second-order valence-electron chi connectivity index (χ2n) is 5.36. The van der Waals surface area contributed by atoms with Crippen LogP contribution in [0.1, 0.15) is 42.7 Å². The Balaban J connectivity index is 0.00000242. The van der Waals surface area contributed by atoms with E-state index in [1.54, 1.807) is 0 Å². The van der Waals surface area contributed by atoms with Gasteiger partial charge in [-0.15, -0.1) is 24.0 Å². The highest BCUT2D eigenvalue weighted by Crippen LogP contribution is 2.18. The maximum Gasteiger partial charge on any atom is 0.216 e. The van der Waals surface area contributed by atoms with Gasteiger partial charge in [-0.05, 0) is 37.5 Å². The maximum absolute atomic E-state index is 5.89. The third kappa shape index (κ3) is 5.01. The molecule has 0 saturated carbocycles. The number of oxazole rings is 1. The molecule has 0 aliphatic carbocycles. The molecule has 0 atom stereocenters. The summed E-state index contributed by atoms with van der Waals surface area (Å²) in [5.74, 6) is 2.22. The molecule has 2 aromatic rings. The van der Waals surface area contributed by atoms with Gasteiger partial charge in [0.05, 0.1) is 5.69 Å². The van der Waals surface area contributed by atoms with Crippen LogP contribution in [0.2, 0.25) is 0 Å². The average Bonchev–Trinajstić information content (AvgIpc) is 2.76. The maximum atomic E-state index is 5.89. The number of aromatic nitrogens is 1. The van der Waals surface area contributed by atoms with Crippen LogP contribution in [0.15, 0.2) is 33.7 Å². The summed E-state index contributed by atoms with van der Waals surface area (Å²) in [5.41, 5.74) is 8.97. The molecule has 22 heavy (non-hydrogen) atoms. The molecule has 1 aromatic heterocycles. The van der Waals surface area contributed by atoms with Crippen molar-refractivity contribution in [1.82, 2.24) is 4.98 Å². The highest BCUT2D eigenvalue weighted by Gasteiger charge is 2.05. The third-order valence-corrected chi connectivity index (χ3v) is 3.28. The number of nitrogens with one attached hydrogen (secondary N) is 1. The number of aryl methyl sites for hydroxylation is 2. The normalized spacial score (nSPS) is 11.4. The zero-order valence-corrected chi connectivity index (χ0v) is 15.7. The van der Waals surface area contributed by atoms with Crippen LogP contribution in [-0.2, 0) is 6.54 Å². The molecule has 0 aliphatic heterocycles. The number of guanidine groups is 1. The monoisotopic (exact) mass is 414 g/mol. The second kappa shape index (κ2) is 8.17. The molecule has 2 rings (SSSR count). The van der Waals surface area contributed by atoms with Crippen molar-refractivity contribution in [3.05, 3.63) is 47.2 Å². The molecule has 1 heterocycles. The Hall–Kier alpha value is -1.57. The van der Waals surface area contributed by atoms with E-state index >= 15 is 0 Å². The highest BCUT2D eigenvalue weighted by molar-refractivity contribution is 14.0. The van der Waals surface area contributed by atoms with Gasteiger partial charge in [0.25, 0.3) is 0 Å². The second-order valence-corrected chi connectivity index (χ2v) is 5.36. The van der Waals surface area contributed by atoms with E-state index < -0.39 is 0 Å². The first-order chi connectivity index (χ1) is 9.95. The summed E-state index contributed by atoms with van der Waals surface area (Å²) in [6.45, 7) is 8.44. The van der Waals surface area contributed by atoms with E-state index in [0.717, 1.165) is 17.1 Å². The van der Waals surface area contributed by atoms with Crippen molar-refractivity contribution in [1.29, 1.82) is 0 Å². The molecule has 6 heteroatoms. The fourth-order valence-corrected chi connectivity index (χ4v) is 1.92. The molecule has 0 aliphatic rings. The van der Waals surface area contributed by atoms with Crippen molar-refractivity contribution in [3.63, 3.8) is 0 Å². The van der Waals surface area contributed by atoms with E-state index in [2.05, 4.69) is 41.3 Å². The van der Waals surface area contributed by atoms with Gasteiger partial charge in [-0.3, -0.25) is 0 Å². The number of rotatable bonds is 4. The lowest BCUT2D eigenvalue weighted by atomic mass is 10.0. The van der Waals surface area contributed by atoms with Gasteiger partial charge in [0.2, 0.25) is 5.89 Å². The van der Waals surface area contributed by atoms with Gasteiger partial charge >= 0.3 is 0 Å². The molecule has 0 spiro atoms. The van der Waals surface area contributed by atoms with E-state index in [1.807, 2.05) is 26.0 Å². The summed E-state index contributed by atoms with van der Waals surface area (Å²) in [5, 5.41) is 3.09. The predicted molar refractivity (Wildman–Crippen MR) is 101 cm³/mol. The highest BCUT2D eigenvalue weighted by atomic mass is 127. The van der Waals surface area contributed by atoms with Gasteiger partial charge in [-0.25, -0.2) is 9.98 Å². The van der Waals surface area contributed by atoms with Gasteiger partial charge in [0.15, 0.2) is 5.96 Å². The summed E-state index contributed by atoms with van der Waals surface area (Å²) in [6, 6.07) is 8.15. The largest absolute Gasteiger partial charge is 0.444 e. The Labute approximate surface area is 148 Å². The van der Waals surface area contributed by atoms with Crippen molar-refractivity contribution < 1.29 is 4.42 Å². The van der Waals surface area contributed by atoms with Gasteiger partial charge < -0.3 is 15.5 Å². The van der Waals surface area contributed by atoms with Crippen LogP contribution in [0.5, 0.6) is 0 Å².